The van der Waals surface area contributed by atoms with Crippen LogP contribution in [0.15, 0.2) is 18.2 Å². The molecule has 0 bridgehead atoms. The second kappa shape index (κ2) is 3.50. The average molecular weight is 202 g/mol. The Morgan fingerprint density at radius 3 is 2.73 bits per heavy atom. The number of nitrogens with zero attached hydrogens (tertiary/aromatic N) is 2. The second-order valence-electron chi connectivity index (χ2n) is 4.02. The minimum absolute atomic E-state index is 0.329. The van der Waals surface area contributed by atoms with Gasteiger partial charge in [0.25, 0.3) is 0 Å². The Kier molecular flexibility index (Phi) is 2.31. The lowest BCUT2D eigenvalue weighted by molar-refractivity contribution is 0.112. The summed E-state index contributed by atoms with van der Waals surface area (Å²) >= 11 is 0. The number of aryl methyl sites for hydroxylation is 1. The molecule has 0 unspecified atom stereocenters. The van der Waals surface area contributed by atoms with Gasteiger partial charge in [0.1, 0.15) is 0 Å². The zero-order chi connectivity index (χ0) is 11.0. The lowest BCUT2D eigenvalue weighted by atomic mass is 10.0. The van der Waals surface area contributed by atoms with E-state index in [1.165, 1.54) is 0 Å². The Balaban J connectivity index is 2.88. The zero-order valence-corrected chi connectivity index (χ0v) is 9.19. The van der Waals surface area contributed by atoms with Crippen LogP contribution in [-0.4, -0.2) is 16.1 Å². The highest BCUT2D eigenvalue weighted by atomic mass is 16.1. The molecule has 0 radical (unpaired) electrons. The molecule has 3 heteroatoms. The van der Waals surface area contributed by atoms with Crippen LogP contribution >= 0.6 is 0 Å². The highest BCUT2D eigenvalue weighted by Gasteiger charge is 2.14. The maximum absolute atomic E-state index is 11.0. The van der Waals surface area contributed by atoms with Crippen LogP contribution < -0.4 is 0 Å². The summed E-state index contributed by atoms with van der Waals surface area (Å²) in [6.45, 7) is 4.17. The van der Waals surface area contributed by atoms with Crippen LogP contribution in [0, 0.1) is 0 Å². The molecule has 0 atom stereocenters. The summed E-state index contributed by atoms with van der Waals surface area (Å²) in [6.07, 6.45) is 0.899. The molecular weight excluding hydrogens is 188 g/mol. The molecule has 0 amide bonds. The molecule has 1 heterocycles. The van der Waals surface area contributed by atoms with E-state index in [-0.39, 0.29) is 0 Å². The molecule has 1 aromatic heterocycles. The fourth-order valence-corrected chi connectivity index (χ4v) is 1.87. The number of hydrogen-bond donors (Lipinski definition) is 0. The smallest absolute Gasteiger partial charge is 0.150 e. The van der Waals surface area contributed by atoms with Gasteiger partial charge in [-0.15, -0.1) is 0 Å². The van der Waals surface area contributed by atoms with E-state index in [0.29, 0.717) is 5.92 Å². The van der Waals surface area contributed by atoms with Crippen molar-refractivity contribution >= 4 is 17.2 Å². The molecule has 1 aromatic carbocycles. The van der Waals surface area contributed by atoms with Crippen molar-refractivity contribution in [1.29, 1.82) is 0 Å². The molecule has 0 fully saturated rings. The van der Waals surface area contributed by atoms with Gasteiger partial charge in [-0.3, -0.25) is 9.48 Å². The molecule has 0 aliphatic carbocycles. The van der Waals surface area contributed by atoms with Crippen molar-refractivity contribution < 1.29 is 4.79 Å². The highest BCUT2D eigenvalue weighted by Crippen LogP contribution is 2.26. The van der Waals surface area contributed by atoms with Gasteiger partial charge in [0.15, 0.2) is 6.29 Å². The van der Waals surface area contributed by atoms with Crippen molar-refractivity contribution in [1.82, 2.24) is 9.78 Å². The third-order valence-electron chi connectivity index (χ3n) is 2.61. The third kappa shape index (κ3) is 1.44. The van der Waals surface area contributed by atoms with Gasteiger partial charge in [0.05, 0.1) is 11.2 Å². The fourth-order valence-electron chi connectivity index (χ4n) is 1.87. The number of carbonyl (C=O) groups excluding carboxylic acids is 1. The van der Waals surface area contributed by atoms with Crippen LogP contribution in [0.4, 0.5) is 0 Å². The Morgan fingerprint density at radius 1 is 1.40 bits per heavy atom. The summed E-state index contributed by atoms with van der Waals surface area (Å²) in [7, 11) is 1.91. The summed E-state index contributed by atoms with van der Waals surface area (Å²) in [6, 6.07) is 5.71. The molecule has 0 aliphatic rings. The lowest BCUT2D eigenvalue weighted by Gasteiger charge is -2.01. The van der Waals surface area contributed by atoms with Crippen LogP contribution in [0.25, 0.3) is 10.9 Å². The minimum Gasteiger partial charge on any atom is -0.298 e. The van der Waals surface area contributed by atoms with Gasteiger partial charge in [-0.2, -0.15) is 5.10 Å². The van der Waals surface area contributed by atoms with Crippen LogP contribution in [0.1, 0.15) is 35.8 Å². The Bertz CT molecular complexity index is 512. The van der Waals surface area contributed by atoms with Gasteiger partial charge in [0.2, 0.25) is 0 Å². The Labute approximate surface area is 88.7 Å². The van der Waals surface area contributed by atoms with Crippen LogP contribution in [-0.2, 0) is 7.05 Å². The Morgan fingerprint density at radius 2 is 2.13 bits per heavy atom. The van der Waals surface area contributed by atoms with Crippen LogP contribution in [0.2, 0.25) is 0 Å². The zero-order valence-electron chi connectivity index (χ0n) is 9.19. The number of hydrogen-bond acceptors (Lipinski definition) is 2. The monoisotopic (exact) mass is 202 g/mol. The standard InChI is InChI=1S/C12H14N2O/c1-8(2)12-11-9(7-15)5-4-6-10(11)14(3)13-12/h4-8H,1-3H3. The summed E-state index contributed by atoms with van der Waals surface area (Å²) in [4.78, 5) is 11.0. The molecule has 0 spiro atoms. The van der Waals surface area contributed by atoms with E-state index in [9.17, 15) is 4.79 Å². The largest absolute Gasteiger partial charge is 0.298 e. The van der Waals surface area contributed by atoms with Gasteiger partial charge in [-0.1, -0.05) is 26.0 Å². The second-order valence-corrected chi connectivity index (χ2v) is 4.02. The predicted octanol–water partition coefficient (Wildman–Crippen LogP) is 2.51. The average Bonchev–Trinajstić information content (AvgIpc) is 2.56. The minimum atomic E-state index is 0.329. The van der Waals surface area contributed by atoms with Gasteiger partial charge in [-0.05, 0) is 12.0 Å². The molecule has 0 N–H and O–H groups in total. The maximum atomic E-state index is 11.0. The Hall–Kier alpha value is -1.64. The highest BCUT2D eigenvalue weighted by molar-refractivity contribution is 5.98. The molecule has 2 rings (SSSR count). The number of rotatable bonds is 2. The van der Waals surface area contributed by atoms with E-state index < -0.39 is 0 Å². The third-order valence-corrected chi connectivity index (χ3v) is 2.61. The maximum Gasteiger partial charge on any atom is 0.150 e. The van der Waals surface area contributed by atoms with Gasteiger partial charge < -0.3 is 0 Å². The fraction of sp³-hybridized carbons (Fsp3) is 0.333. The molecule has 0 saturated carbocycles. The van der Waals surface area contributed by atoms with E-state index in [4.69, 9.17) is 0 Å². The van der Waals surface area contributed by atoms with Crippen molar-refractivity contribution in [3.63, 3.8) is 0 Å². The van der Waals surface area contributed by atoms with Gasteiger partial charge in [-0.25, -0.2) is 0 Å². The first kappa shape index (κ1) is 9.90. The summed E-state index contributed by atoms with van der Waals surface area (Å²) in [5, 5.41) is 5.45. The number of aromatic nitrogens is 2. The normalized spacial score (nSPS) is 11.2. The van der Waals surface area contributed by atoms with E-state index in [1.807, 2.05) is 29.9 Å². The lowest BCUT2D eigenvalue weighted by Crippen LogP contribution is -1.93. The van der Waals surface area contributed by atoms with Crippen molar-refractivity contribution in [3.05, 3.63) is 29.5 Å². The number of fused-ring (bicyclic) bond motifs is 1. The first-order valence-electron chi connectivity index (χ1n) is 5.06. The van der Waals surface area contributed by atoms with Gasteiger partial charge >= 0.3 is 0 Å². The molecule has 0 saturated heterocycles. The summed E-state index contributed by atoms with van der Waals surface area (Å²) in [5.74, 6) is 0.329. The number of aldehydes is 1. The van der Waals surface area contributed by atoms with Crippen molar-refractivity contribution in [2.24, 2.45) is 7.05 Å². The van der Waals surface area contributed by atoms with Crippen molar-refractivity contribution in [2.45, 2.75) is 19.8 Å². The van der Waals surface area contributed by atoms with E-state index in [0.717, 1.165) is 28.4 Å². The number of carbonyl (C=O) groups is 1. The summed E-state index contributed by atoms with van der Waals surface area (Å²) < 4.78 is 1.83. The topological polar surface area (TPSA) is 34.9 Å². The quantitative estimate of drug-likeness (QED) is 0.701. The molecule has 0 aliphatic heterocycles. The van der Waals surface area contributed by atoms with Crippen molar-refractivity contribution in [2.75, 3.05) is 0 Å². The molecule has 2 aromatic rings. The van der Waals surface area contributed by atoms with Crippen LogP contribution in [0.5, 0.6) is 0 Å². The van der Waals surface area contributed by atoms with E-state index >= 15 is 0 Å². The molecule has 78 valence electrons. The van der Waals surface area contributed by atoms with E-state index in [2.05, 4.69) is 18.9 Å². The first-order chi connectivity index (χ1) is 7.15. The molecular formula is C12H14N2O. The van der Waals surface area contributed by atoms with E-state index in [1.54, 1.807) is 0 Å². The molecule has 3 nitrogen and oxygen atoms in total. The van der Waals surface area contributed by atoms with Crippen LogP contribution in [0.3, 0.4) is 0 Å². The molecule has 15 heavy (non-hydrogen) atoms. The van der Waals surface area contributed by atoms with Crippen molar-refractivity contribution in [3.8, 4) is 0 Å². The SMILES string of the molecule is CC(C)c1nn(C)c2cccc(C=O)c12. The number of benzene rings is 1. The van der Waals surface area contributed by atoms with Gasteiger partial charge in [0, 0.05) is 18.0 Å². The summed E-state index contributed by atoms with van der Waals surface area (Å²) in [5.41, 5.74) is 2.74. The first-order valence-corrected chi connectivity index (χ1v) is 5.06. The predicted molar refractivity (Wildman–Crippen MR) is 60.2 cm³/mol.